The fourth-order valence-corrected chi connectivity index (χ4v) is 4.59. The number of halogens is 2. The van der Waals surface area contributed by atoms with Crippen molar-refractivity contribution in [2.75, 3.05) is 5.32 Å². The van der Waals surface area contributed by atoms with Crippen molar-refractivity contribution in [2.24, 2.45) is 0 Å². The maximum absolute atomic E-state index is 12.6. The van der Waals surface area contributed by atoms with Crippen molar-refractivity contribution < 1.29 is 4.79 Å². The first-order chi connectivity index (χ1) is 13.0. The maximum atomic E-state index is 12.6. The number of rotatable bonds is 6. The van der Waals surface area contributed by atoms with Gasteiger partial charge in [-0.2, -0.15) is 0 Å². The molecular weight excluding hydrogens is 423 g/mol. The van der Waals surface area contributed by atoms with E-state index in [-0.39, 0.29) is 11.2 Å². The van der Waals surface area contributed by atoms with Crippen molar-refractivity contribution in [3.05, 3.63) is 45.8 Å². The number of benzene rings is 1. The van der Waals surface area contributed by atoms with Crippen LogP contribution in [-0.4, -0.2) is 25.9 Å². The summed E-state index contributed by atoms with van der Waals surface area (Å²) in [4.78, 5) is 13.7. The van der Waals surface area contributed by atoms with Gasteiger partial charge in [-0.3, -0.25) is 9.36 Å². The predicted molar refractivity (Wildman–Crippen MR) is 112 cm³/mol. The monoisotopic (exact) mass is 438 g/mol. The second-order valence-electron chi connectivity index (χ2n) is 6.26. The second-order valence-corrected chi connectivity index (χ2v) is 9.36. The summed E-state index contributed by atoms with van der Waals surface area (Å²) >= 11 is 15.2. The topological polar surface area (TPSA) is 59.8 Å². The van der Waals surface area contributed by atoms with Crippen molar-refractivity contribution in [1.82, 2.24) is 14.8 Å². The van der Waals surface area contributed by atoms with Crippen LogP contribution in [0.2, 0.25) is 10.0 Å². The molecule has 27 heavy (non-hydrogen) atoms. The molecule has 2 aromatic heterocycles. The number of amides is 1. The quantitative estimate of drug-likeness (QED) is 0.496. The molecule has 0 spiro atoms. The van der Waals surface area contributed by atoms with E-state index in [4.69, 9.17) is 23.2 Å². The SMILES string of the molecule is C[C@@H](Sc1nnc(-c2cccs2)n1C1CC1)C(=O)Nc1cc(Cl)ccc1Cl. The minimum absolute atomic E-state index is 0.160. The molecule has 0 bridgehead atoms. The third kappa shape index (κ3) is 4.16. The Hall–Kier alpha value is -1.54. The van der Waals surface area contributed by atoms with E-state index in [1.807, 2.05) is 24.4 Å². The van der Waals surface area contributed by atoms with E-state index < -0.39 is 0 Å². The minimum atomic E-state index is -0.363. The third-order valence-corrected chi connectivity index (χ3v) is 6.64. The first-order valence-corrected chi connectivity index (χ1v) is 11.0. The van der Waals surface area contributed by atoms with E-state index in [2.05, 4.69) is 20.1 Å². The average Bonchev–Trinajstić information content (AvgIpc) is 3.16. The van der Waals surface area contributed by atoms with Crippen molar-refractivity contribution >= 4 is 57.9 Å². The van der Waals surface area contributed by atoms with Crippen LogP contribution in [0.15, 0.2) is 40.9 Å². The largest absolute Gasteiger partial charge is 0.324 e. The zero-order valence-corrected chi connectivity index (χ0v) is 17.5. The smallest absolute Gasteiger partial charge is 0.237 e. The van der Waals surface area contributed by atoms with Crippen molar-refractivity contribution in [2.45, 2.75) is 36.2 Å². The van der Waals surface area contributed by atoms with Gasteiger partial charge >= 0.3 is 0 Å². The number of nitrogens with zero attached hydrogens (tertiary/aromatic N) is 3. The van der Waals surface area contributed by atoms with Crippen LogP contribution in [0.5, 0.6) is 0 Å². The number of carbonyl (C=O) groups excluding carboxylic acids is 1. The fraction of sp³-hybridized carbons (Fsp3) is 0.278. The number of anilines is 1. The molecule has 0 radical (unpaired) electrons. The first-order valence-electron chi connectivity index (χ1n) is 8.44. The van der Waals surface area contributed by atoms with Crippen LogP contribution in [0.25, 0.3) is 10.7 Å². The van der Waals surface area contributed by atoms with Gasteiger partial charge in [-0.05, 0) is 49.4 Å². The van der Waals surface area contributed by atoms with Gasteiger partial charge in [0.25, 0.3) is 0 Å². The van der Waals surface area contributed by atoms with Gasteiger partial charge in [0.05, 0.1) is 20.8 Å². The van der Waals surface area contributed by atoms with Crippen LogP contribution < -0.4 is 5.32 Å². The molecular formula is C18H16Cl2N4OS2. The summed E-state index contributed by atoms with van der Waals surface area (Å²) in [5, 5.41) is 15.0. The molecule has 1 N–H and O–H groups in total. The average molecular weight is 439 g/mol. The maximum Gasteiger partial charge on any atom is 0.237 e. The van der Waals surface area contributed by atoms with Crippen LogP contribution in [-0.2, 0) is 4.79 Å². The van der Waals surface area contributed by atoms with Crippen molar-refractivity contribution in [3.63, 3.8) is 0 Å². The Bertz CT molecular complexity index is 970. The molecule has 1 fully saturated rings. The van der Waals surface area contributed by atoms with Gasteiger partial charge < -0.3 is 5.32 Å². The Balaban J connectivity index is 1.52. The molecule has 2 heterocycles. The Morgan fingerprint density at radius 2 is 2.15 bits per heavy atom. The van der Waals surface area contributed by atoms with Gasteiger partial charge in [0.1, 0.15) is 0 Å². The molecule has 1 amide bonds. The molecule has 3 aromatic rings. The molecule has 1 atom stereocenters. The van der Waals surface area contributed by atoms with Crippen LogP contribution in [0.1, 0.15) is 25.8 Å². The molecule has 1 aliphatic rings. The Labute approximate surface area is 175 Å². The summed E-state index contributed by atoms with van der Waals surface area (Å²) in [7, 11) is 0. The molecule has 0 aliphatic heterocycles. The van der Waals surface area contributed by atoms with Gasteiger partial charge in [-0.1, -0.05) is 41.0 Å². The number of thiophene rings is 1. The lowest BCUT2D eigenvalue weighted by molar-refractivity contribution is -0.115. The van der Waals surface area contributed by atoms with Crippen molar-refractivity contribution in [1.29, 1.82) is 0 Å². The zero-order valence-electron chi connectivity index (χ0n) is 14.4. The van der Waals surface area contributed by atoms with Crippen LogP contribution in [0, 0.1) is 0 Å². The summed E-state index contributed by atoms with van der Waals surface area (Å²) in [6.07, 6.45) is 2.23. The lowest BCUT2D eigenvalue weighted by Crippen LogP contribution is -2.23. The summed E-state index contributed by atoms with van der Waals surface area (Å²) < 4.78 is 2.16. The van der Waals surface area contributed by atoms with Gasteiger partial charge in [0.2, 0.25) is 5.91 Å². The summed E-state index contributed by atoms with van der Waals surface area (Å²) in [6.45, 7) is 1.84. The Morgan fingerprint density at radius 1 is 1.33 bits per heavy atom. The molecule has 1 saturated carbocycles. The molecule has 1 aromatic carbocycles. The highest BCUT2D eigenvalue weighted by molar-refractivity contribution is 8.00. The van der Waals surface area contributed by atoms with E-state index in [1.165, 1.54) is 11.8 Å². The predicted octanol–water partition coefficient (Wildman–Crippen LogP) is 5.77. The molecule has 140 valence electrons. The molecule has 4 rings (SSSR count). The van der Waals surface area contributed by atoms with Crippen LogP contribution >= 0.6 is 46.3 Å². The lowest BCUT2D eigenvalue weighted by atomic mass is 10.3. The Morgan fingerprint density at radius 3 is 2.85 bits per heavy atom. The third-order valence-electron chi connectivity index (χ3n) is 4.16. The molecule has 9 heteroatoms. The first kappa shape index (κ1) is 18.8. The Kier molecular flexibility index (Phi) is 5.45. The number of thioether (sulfide) groups is 1. The minimum Gasteiger partial charge on any atom is -0.324 e. The van der Waals surface area contributed by atoms with E-state index in [1.54, 1.807) is 29.5 Å². The van der Waals surface area contributed by atoms with E-state index in [0.717, 1.165) is 28.7 Å². The molecule has 0 unspecified atom stereocenters. The van der Waals surface area contributed by atoms with E-state index >= 15 is 0 Å². The van der Waals surface area contributed by atoms with Gasteiger partial charge in [-0.15, -0.1) is 21.5 Å². The fourth-order valence-electron chi connectivity index (χ4n) is 2.63. The van der Waals surface area contributed by atoms with Crippen LogP contribution in [0.4, 0.5) is 5.69 Å². The molecule has 5 nitrogen and oxygen atoms in total. The summed E-state index contributed by atoms with van der Waals surface area (Å²) in [5.41, 5.74) is 0.504. The summed E-state index contributed by atoms with van der Waals surface area (Å²) in [6, 6.07) is 9.44. The number of aromatic nitrogens is 3. The lowest BCUT2D eigenvalue weighted by Gasteiger charge is -2.14. The standard InChI is InChI=1S/C18H16Cl2N4OS2/c1-10(17(25)21-14-9-11(19)4-7-13(14)20)27-18-23-22-16(15-3-2-8-26-15)24(18)12-5-6-12/h2-4,7-10,12H,5-6H2,1H3,(H,21,25)/t10-/m1/s1. The number of hydrogen-bond acceptors (Lipinski definition) is 5. The second kappa shape index (κ2) is 7.83. The normalized spacial score (nSPS) is 14.9. The van der Waals surface area contributed by atoms with E-state index in [9.17, 15) is 4.79 Å². The van der Waals surface area contributed by atoms with Crippen molar-refractivity contribution in [3.8, 4) is 10.7 Å². The number of hydrogen-bond donors (Lipinski definition) is 1. The van der Waals surface area contributed by atoms with Gasteiger partial charge in [0, 0.05) is 11.1 Å². The van der Waals surface area contributed by atoms with E-state index in [0.29, 0.717) is 21.8 Å². The summed E-state index contributed by atoms with van der Waals surface area (Å²) in [5.74, 6) is 0.715. The number of carbonyl (C=O) groups is 1. The highest BCUT2D eigenvalue weighted by Crippen LogP contribution is 2.42. The molecule has 0 saturated heterocycles. The highest BCUT2D eigenvalue weighted by Gasteiger charge is 2.31. The number of nitrogens with one attached hydrogen (secondary N) is 1. The molecule has 1 aliphatic carbocycles. The van der Waals surface area contributed by atoms with Crippen LogP contribution in [0.3, 0.4) is 0 Å². The van der Waals surface area contributed by atoms with Gasteiger partial charge in [0.15, 0.2) is 11.0 Å². The highest BCUT2D eigenvalue weighted by atomic mass is 35.5. The zero-order chi connectivity index (χ0) is 19.0. The van der Waals surface area contributed by atoms with Gasteiger partial charge in [-0.25, -0.2) is 0 Å².